The van der Waals surface area contributed by atoms with Crippen molar-refractivity contribution in [2.45, 2.75) is 26.7 Å². The van der Waals surface area contributed by atoms with E-state index in [1.807, 2.05) is 59.5 Å². The van der Waals surface area contributed by atoms with E-state index in [4.69, 9.17) is 5.11 Å². The number of benzene rings is 2. The van der Waals surface area contributed by atoms with Crippen LogP contribution >= 0.6 is 0 Å². The summed E-state index contributed by atoms with van der Waals surface area (Å²) in [5.74, 6) is -0.857. The van der Waals surface area contributed by atoms with Gasteiger partial charge in [0.25, 0.3) is 0 Å². The number of likely N-dealkylation sites (tertiary alicyclic amines) is 1. The van der Waals surface area contributed by atoms with Gasteiger partial charge in [-0.15, -0.1) is 0 Å². The monoisotopic (exact) mass is 363 g/mol. The minimum atomic E-state index is -0.818. The summed E-state index contributed by atoms with van der Waals surface area (Å²) in [6.07, 6.45) is 2.53. The Balaban J connectivity index is 1.77. The Morgan fingerprint density at radius 1 is 1.04 bits per heavy atom. The molecule has 0 amide bonds. The molecule has 0 unspecified atom stereocenters. The lowest BCUT2D eigenvalue weighted by Gasteiger charge is -2.21. The maximum atomic E-state index is 12.7. The fraction of sp³-hybridized carbons (Fsp3) is 0.304. The summed E-state index contributed by atoms with van der Waals surface area (Å²) in [6, 6.07) is 17.7. The third-order valence-electron chi connectivity index (χ3n) is 4.85. The van der Waals surface area contributed by atoms with Crippen LogP contribution in [-0.4, -0.2) is 34.8 Å². The molecule has 4 nitrogen and oxygen atoms in total. The zero-order chi connectivity index (χ0) is 19.4. The van der Waals surface area contributed by atoms with Crippen molar-refractivity contribution in [1.82, 2.24) is 4.90 Å². The quantitative estimate of drug-likeness (QED) is 0.601. The number of hydrogen-bond donors (Lipinski definition) is 1. The summed E-state index contributed by atoms with van der Waals surface area (Å²) >= 11 is 0. The third-order valence-corrected chi connectivity index (χ3v) is 4.85. The van der Waals surface area contributed by atoms with Gasteiger partial charge in [0.15, 0.2) is 5.78 Å². The Morgan fingerprint density at radius 2 is 1.67 bits per heavy atom. The van der Waals surface area contributed by atoms with Crippen molar-refractivity contribution in [1.29, 1.82) is 0 Å². The molecule has 1 saturated heterocycles. The molecule has 0 aliphatic carbocycles. The molecule has 0 aromatic heterocycles. The summed E-state index contributed by atoms with van der Waals surface area (Å²) in [6.45, 7) is 5.48. The SMILES string of the molecule is CC1(C)C/C(=C\C(=O)c2ccc(-c3ccccc3)cc2)N(CCC(=O)O)C1. The molecule has 1 aliphatic heterocycles. The van der Waals surface area contributed by atoms with Gasteiger partial charge in [-0.05, 0) is 23.0 Å². The van der Waals surface area contributed by atoms with Crippen LogP contribution in [0.5, 0.6) is 0 Å². The molecule has 4 heteroatoms. The Bertz CT molecular complexity index is 851. The zero-order valence-electron chi connectivity index (χ0n) is 15.8. The third kappa shape index (κ3) is 4.85. The highest BCUT2D eigenvalue weighted by Gasteiger charge is 2.33. The smallest absolute Gasteiger partial charge is 0.305 e. The molecule has 1 aliphatic rings. The van der Waals surface area contributed by atoms with Gasteiger partial charge >= 0.3 is 5.97 Å². The van der Waals surface area contributed by atoms with Gasteiger partial charge in [-0.1, -0.05) is 68.4 Å². The maximum absolute atomic E-state index is 12.7. The summed E-state index contributed by atoms with van der Waals surface area (Å²) in [5, 5.41) is 8.96. The average Bonchev–Trinajstić information content (AvgIpc) is 2.94. The van der Waals surface area contributed by atoms with Crippen LogP contribution in [0.3, 0.4) is 0 Å². The number of carbonyl (C=O) groups is 2. The molecular formula is C23H25NO3. The van der Waals surface area contributed by atoms with Crippen LogP contribution in [0.2, 0.25) is 0 Å². The molecule has 2 aromatic rings. The number of allylic oxidation sites excluding steroid dienone is 2. The Hall–Kier alpha value is -2.88. The second-order valence-electron chi connectivity index (χ2n) is 7.85. The first-order chi connectivity index (χ1) is 12.8. The highest BCUT2D eigenvalue weighted by atomic mass is 16.4. The molecular weight excluding hydrogens is 338 g/mol. The van der Waals surface area contributed by atoms with Gasteiger partial charge in [0.1, 0.15) is 0 Å². The summed E-state index contributed by atoms with van der Waals surface area (Å²) in [7, 11) is 0. The molecule has 2 aromatic carbocycles. The first kappa shape index (κ1) is 18.9. The van der Waals surface area contributed by atoms with Crippen molar-refractivity contribution in [3.63, 3.8) is 0 Å². The van der Waals surface area contributed by atoms with Crippen molar-refractivity contribution >= 4 is 11.8 Å². The Labute approximate surface area is 160 Å². The number of carboxylic acids is 1. The molecule has 0 atom stereocenters. The highest BCUT2D eigenvalue weighted by molar-refractivity contribution is 6.05. The van der Waals surface area contributed by atoms with Crippen LogP contribution in [0, 0.1) is 5.41 Å². The predicted octanol–water partition coefficient (Wildman–Crippen LogP) is 4.63. The highest BCUT2D eigenvalue weighted by Crippen LogP contribution is 2.36. The van der Waals surface area contributed by atoms with Crippen LogP contribution in [0.4, 0.5) is 0 Å². The maximum Gasteiger partial charge on any atom is 0.305 e. The molecule has 0 radical (unpaired) electrons. The lowest BCUT2D eigenvalue weighted by atomic mass is 9.92. The molecule has 0 saturated carbocycles. The number of rotatable bonds is 6. The summed E-state index contributed by atoms with van der Waals surface area (Å²) in [5.41, 5.74) is 3.81. The molecule has 0 spiro atoms. The fourth-order valence-electron chi connectivity index (χ4n) is 3.56. The van der Waals surface area contributed by atoms with E-state index in [1.165, 1.54) is 0 Å². The molecule has 3 rings (SSSR count). The van der Waals surface area contributed by atoms with E-state index in [0.29, 0.717) is 12.1 Å². The van der Waals surface area contributed by atoms with Crippen molar-refractivity contribution < 1.29 is 14.7 Å². The molecule has 1 N–H and O–H groups in total. The second-order valence-corrected chi connectivity index (χ2v) is 7.85. The fourth-order valence-corrected chi connectivity index (χ4v) is 3.56. The van der Waals surface area contributed by atoms with E-state index in [9.17, 15) is 9.59 Å². The number of carboxylic acid groups (broad SMARTS) is 1. The zero-order valence-corrected chi connectivity index (χ0v) is 15.8. The minimum Gasteiger partial charge on any atom is -0.481 e. The summed E-state index contributed by atoms with van der Waals surface area (Å²) in [4.78, 5) is 25.7. The molecule has 0 bridgehead atoms. The van der Waals surface area contributed by atoms with Crippen LogP contribution < -0.4 is 0 Å². The normalized spacial score (nSPS) is 17.3. The van der Waals surface area contributed by atoms with Crippen molar-refractivity contribution in [3.05, 3.63) is 71.9 Å². The van der Waals surface area contributed by atoms with Gasteiger partial charge in [-0.2, -0.15) is 0 Å². The molecule has 140 valence electrons. The van der Waals surface area contributed by atoms with Crippen molar-refractivity contribution in [2.75, 3.05) is 13.1 Å². The van der Waals surface area contributed by atoms with Gasteiger partial charge in [0.2, 0.25) is 0 Å². The van der Waals surface area contributed by atoms with Crippen LogP contribution in [0.25, 0.3) is 11.1 Å². The Morgan fingerprint density at radius 3 is 2.30 bits per heavy atom. The summed E-state index contributed by atoms with van der Waals surface area (Å²) < 4.78 is 0. The van der Waals surface area contributed by atoms with Gasteiger partial charge in [-0.25, -0.2) is 0 Å². The van der Waals surface area contributed by atoms with Gasteiger partial charge in [0, 0.05) is 30.4 Å². The number of ketones is 1. The first-order valence-electron chi connectivity index (χ1n) is 9.21. The predicted molar refractivity (Wildman–Crippen MR) is 107 cm³/mol. The van der Waals surface area contributed by atoms with Crippen molar-refractivity contribution in [3.8, 4) is 11.1 Å². The number of nitrogens with zero attached hydrogens (tertiary/aromatic N) is 1. The molecule has 27 heavy (non-hydrogen) atoms. The molecule has 1 heterocycles. The largest absolute Gasteiger partial charge is 0.481 e. The second kappa shape index (κ2) is 7.78. The van der Waals surface area contributed by atoms with Crippen LogP contribution in [0.1, 0.15) is 37.0 Å². The number of aliphatic carboxylic acids is 1. The number of hydrogen-bond acceptors (Lipinski definition) is 3. The van der Waals surface area contributed by atoms with E-state index < -0.39 is 5.97 Å². The lowest BCUT2D eigenvalue weighted by Crippen LogP contribution is -2.25. The van der Waals surface area contributed by atoms with Crippen LogP contribution in [-0.2, 0) is 4.79 Å². The van der Waals surface area contributed by atoms with E-state index >= 15 is 0 Å². The average molecular weight is 363 g/mol. The van der Waals surface area contributed by atoms with Crippen molar-refractivity contribution in [2.24, 2.45) is 5.41 Å². The number of carbonyl (C=O) groups excluding carboxylic acids is 1. The first-order valence-corrected chi connectivity index (χ1v) is 9.21. The lowest BCUT2D eigenvalue weighted by molar-refractivity contribution is -0.137. The van der Waals surface area contributed by atoms with E-state index in [1.54, 1.807) is 6.08 Å². The van der Waals surface area contributed by atoms with E-state index in [0.717, 1.165) is 29.8 Å². The Kier molecular flexibility index (Phi) is 5.45. The van der Waals surface area contributed by atoms with E-state index in [-0.39, 0.29) is 17.6 Å². The van der Waals surface area contributed by atoms with Crippen LogP contribution in [0.15, 0.2) is 66.4 Å². The van der Waals surface area contributed by atoms with E-state index in [2.05, 4.69) is 13.8 Å². The topological polar surface area (TPSA) is 57.6 Å². The standard InChI is InChI=1S/C23H25NO3/c1-23(2)15-20(24(16-23)13-12-22(26)27)14-21(25)19-10-8-18(9-11-19)17-6-4-3-5-7-17/h3-11,14H,12-13,15-16H2,1-2H3,(H,26,27)/b20-14+. The van der Waals surface area contributed by atoms with Gasteiger partial charge in [0.05, 0.1) is 6.42 Å². The molecule has 1 fully saturated rings. The minimum absolute atomic E-state index is 0.0392. The van der Waals surface area contributed by atoms with Gasteiger partial charge < -0.3 is 10.0 Å². The van der Waals surface area contributed by atoms with Gasteiger partial charge in [-0.3, -0.25) is 9.59 Å².